The zero-order valence-corrected chi connectivity index (χ0v) is 22.8. The number of benzene rings is 6. The highest BCUT2D eigenvalue weighted by atomic mass is 16.3. The van der Waals surface area contributed by atoms with Crippen molar-refractivity contribution in [2.24, 2.45) is 0 Å². The van der Waals surface area contributed by atoms with Crippen LogP contribution in [0.15, 0.2) is 150 Å². The summed E-state index contributed by atoms with van der Waals surface area (Å²) in [5, 5.41) is 11.0. The first-order chi connectivity index (χ1) is 20.8. The number of fused-ring (bicyclic) bond motifs is 8. The third-order valence-electron chi connectivity index (χ3n) is 8.65. The van der Waals surface area contributed by atoms with Crippen LogP contribution in [0, 0.1) is 0 Å². The highest BCUT2D eigenvalue weighted by molar-refractivity contribution is 6.21. The van der Waals surface area contributed by atoms with E-state index in [4.69, 9.17) is 4.42 Å². The first-order valence-electron chi connectivity index (χ1n) is 14.4. The van der Waals surface area contributed by atoms with Gasteiger partial charge in [-0.05, 0) is 87.8 Å². The normalized spacial score (nSPS) is 15.1. The van der Waals surface area contributed by atoms with Crippen LogP contribution in [0.4, 0.5) is 0 Å². The lowest BCUT2D eigenvalue weighted by atomic mass is 9.99. The summed E-state index contributed by atoms with van der Waals surface area (Å²) in [5.41, 5.74) is 9.07. The van der Waals surface area contributed by atoms with E-state index in [2.05, 4.69) is 143 Å². The lowest BCUT2D eigenvalue weighted by Crippen LogP contribution is -2.22. The monoisotopic (exact) mass is 538 g/mol. The summed E-state index contributed by atoms with van der Waals surface area (Å²) >= 11 is 0. The molecule has 3 heterocycles. The van der Waals surface area contributed by atoms with Crippen molar-refractivity contribution < 1.29 is 4.42 Å². The third kappa shape index (κ3) is 3.47. The van der Waals surface area contributed by atoms with Gasteiger partial charge in [0.1, 0.15) is 17.3 Å². The Labute approximate surface area is 242 Å². The van der Waals surface area contributed by atoms with Crippen LogP contribution in [-0.4, -0.2) is 4.57 Å². The van der Waals surface area contributed by atoms with Crippen LogP contribution >= 0.6 is 0 Å². The fourth-order valence-electron chi connectivity index (χ4n) is 6.69. The first-order valence-corrected chi connectivity index (χ1v) is 14.4. The number of hydrogen-bond donors (Lipinski definition) is 1. The van der Waals surface area contributed by atoms with E-state index in [0.717, 1.165) is 21.9 Å². The summed E-state index contributed by atoms with van der Waals surface area (Å²) in [6, 6.07) is 45.5. The Morgan fingerprint density at radius 3 is 2.17 bits per heavy atom. The van der Waals surface area contributed by atoms with E-state index in [-0.39, 0.29) is 6.17 Å². The number of hydrogen-bond acceptors (Lipinski definition) is 2. The smallest absolute Gasteiger partial charge is 0.135 e. The van der Waals surface area contributed by atoms with Gasteiger partial charge >= 0.3 is 0 Å². The zero-order chi connectivity index (χ0) is 27.6. The summed E-state index contributed by atoms with van der Waals surface area (Å²) in [5.74, 6) is 0. The highest BCUT2D eigenvalue weighted by Gasteiger charge is 2.21. The number of allylic oxidation sites excluding steroid dienone is 2. The van der Waals surface area contributed by atoms with Gasteiger partial charge in [0, 0.05) is 21.5 Å². The maximum absolute atomic E-state index is 6.11. The molecule has 3 nitrogen and oxygen atoms in total. The molecule has 1 atom stereocenters. The van der Waals surface area contributed by atoms with Crippen LogP contribution < -0.4 is 5.32 Å². The largest absolute Gasteiger partial charge is 0.456 e. The Hall–Kier alpha value is -5.54. The van der Waals surface area contributed by atoms with E-state index in [1.54, 1.807) is 0 Å². The number of furan rings is 1. The molecule has 1 unspecified atom stereocenters. The molecule has 1 aliphatic heterocycles. The number of nitrogens with zero attached hydrogens (tertiary/aromatic N) is 1. The SMILES string of the molecule is C1=CC(c2ccccc2)=CC(n2c3ccc(-c4ccc5oc6ccccc6c5c4)cc3c3c4ccccc4ccc32)N1. The molecule has 198 valence electrons. The molecule has 2 aromatic heterocycles. The Morgan fingerprint density at radius 2 is 1.26 bits per heavy atom. The van der Waals surface area contributed by atoms with Gasteiger partial charge in [-0.15, -0.1) is 0 Å². The van der Waals surface area contributed by atoms with Gasteiger partial charge < -0.3 is 14.3 Å². The van der Waals surface area contributed by atoms with Crippen molar-refractivity contribution >= 4 is 60.1 Å². The Kier molecular flexibility index (Phi) is 4.96. The molecule has 1 N–H and O–H groups in total. The van der Waals surface area contributed by atoms with Gasteiger partial charge in [0.15, 0.2) is 0 Å². The second-order valence-corrected chi connectivity index (χ2v) is 11.0. The molecular weight excluding hydrogens is 512 g/mol. The van der Waals surface area contributed by atoms with E-state index in [9.17, 15) is 0 Å². The Morgan fingerprint density at radius 1 is 0.548 bits per heavy atom. The molecule has 6 aromatic carbocycles. The molecule has 0 bridgehead atoms. The minimum absolute atomic E-state index is 0.0223. The van der Waals surface area contributed by atoms with Crippen molar-refractivity contribution in [1.82, 2.24) is 9.88 Å². The third-order valence-corrected chi connectivity index (χ3v) is 8.65. The van der Waals surface area contributed by atoms with Gasteiger partial charge in [0.2, 0.25) is 0 Å². The summed E-state index contributed by atoms with van der Waals surface area (Å²) in [7, 11) is 0. The van der Waals surface area contributed by atoms with Crippen LogP contribution in [0.3, 0.4) is 0 Å². The predicted octanol–water partition coefficient (Wildman–Crippen LogP) is 10.2. The van der Waals surface area contributed by atoms with Crippen molar-refractivity contribution in [3.8, 4) is 11.1 Å². The Balaban J connectivity index is 1.29. The summed E-state index contributed by atoms with van der Waals surface area (Å²) < 4.78 is 8.55. The summed E-state index contributed by atoms with van der Waals surface area (Å²) in [6.07, 6.45) is 6.54. The van der Waals surface area contributed by atoms with Crippen molar-refractivity contribution in [3.05, 3.63) is 151 Å². The summed E-state index contributed by atoms with van der Waals surface area (Å²) in [4.78, 5) is 0. The van der Waals surface area contributed by atoms with Crippen LogP contribution in [0.25, 0.3) is 71.2 Å². The first kappa shape index (κ1) is 23.2. The molecule has 0 fully saturated rings. The quantitative estimate of drug-likeness (QED) is 0.243. The van der Waals surface area contributed by atoms with Gasteiger partial charge in [-0.25, -0.2) is 0 Å². The van der Waals surface area contributed by atoms with Gasteiger partial charge in [-0.3, -0.25) is 0 Å². The average molecular weight is 539 g/mol. The van der Waals surface area contributed by atoms with Gasteiger partial charge in [-0.1, -0.05) is 91.0 Å². The average Bonchev–Trinajstić information content (AvgIpc) is 3.60. The maximum Gasteiger partial charge on any atom is 0.135 e. The molecule has 0 saturated heterocycles. The van der Waals surface area contributed by atoms with Crippen molar-refractivity contribution in [1.29, 1.82) is 0 Å². The molecule has 0 aliphatic carbocycles. The number of nitrogens with one attached hydrogen (secondary N) is 1. The zero-order valence-electron chi connectivity index (χ0n) is 22.8. The Bertz CT molecular complexity index is 2390. The highest BCUT2D eigenvalue weighted by Crippen LogP contribution is 2.40. The van der Waals surface area contributed by atoms with E-state index >= 15 is 0 Å². The molecule has 3 heteroatoms. The lowest BCUT2D eigenvalue weighted by molar-refractivity contribution is 0.580. The van der Waals surface area contributed by atoms with Crippen LogP contribution in [0.1, 0.15) is 11.7 Å². The van der Waals surface area contributed by atoms with Crippen LogP contribution in [-0.2, 0) is 0 Å². The molecule has 42 heavy (non-hydrogen) atoms. The van der Waals surface area contributed by atoms with Crippen LogP contribution in [0.2, 0.25) is 0 Å². The van der Waals surface area contributed by atoms with E-state index in [1.807, 2.05) is 12.1 Å². The molecular formula is C39H26N2O. The van der Waals surface area contributed by atoms with Crippen LogP contribution in [0.5, 0.6) is 0 Å². The predicted molar refractivity (Wildman–Crippen MR) is 175 cm³/mol. The van der Waals surface area contributed by atoms with E-state index in [0.29, 0.717) is 0 Å². The molecule has 0 saturated carbocycles. The van der Waals surface area contributed by atoms with E-state index in [1.165, 1.54) is 54.8 Å². The fraction of sp³-hybridized carbons (Fsp3) is 0.0256. The number of para-hydroxylation sites is 1. The van der Waals surface area contributed by atoms with Gasteiger partial charge in [-0.2, -0.15) is 0 Å². The molecule has 8 aromatic rings. The van der Waals surface area contributed by atoms with E-state index < -0.39 is 0 Å². The van der Waals surface area contributed by atoms with Crippen molar-refractivity contribution in [2.45, 2.75) is 6.17 Å². The molecule has 0 radical (unpaired) electrons. The summed E-state index contributed by atoms with van der Waals surface area (Å²) in [6.45, 7) is 0. The standard InChI is InChI=1S/C39H26N2O/c1-2-8-25(9-3-1)29-20-21-40-38(24-29)41-34-17-15-27(23-33(34)39-30-11-5-4-10-26(30)14-18-35(39)41)28-16-19-37-32(22-28)31-12-6-7-13-36(31)42-37/h1-24,38,40H. The topological polar surface area (TPSA) is 30.1 Å². The molecule has 1 aliphatic rings. The number of rotatable bonds is 3. The second-order valence-electron chi connectivity index (χ2n) is 11.0. The lowest BCUT2D eigenvalue weighted by Gasteiger charge is -2.23. The molecule has 0 spiro atoms. The second kappa shape index (κ2) is 8.98. The van der Waals surface area contributed by atoms with Gasteiger partial charge in [0.25, 0.3) is 0 Å². The minimum atomic E-state index is -0.0223. The molecule has 0 amide bonds. The fourth-order valence-corrected chi connectivity index (χ4v) is 6.69. The minimum Gasteiger partial charge on any atom is -0.456 e. The van der Waals surface area contributed by atoms with Gasteiger partial charge in [0.05, 0.1) is 11.0 Å². The number of dihydropyridines is 1. The molecule has 9 rings (SSSR count). The maximum atomic E-state index is 6.11. The number of aromatic nitrogens is 1. The van der Waals surface area contributed by atoms with Crippen molar-refractivity contribution in [3.63, 3.8) is 0 Å². The van der Waals surface area contributed by atoms with Crippen molar-refractivity contribution in [2.75, 3.05) is 0 Å².